The second-order valence-corrected chi connectivity index (χ2v) is 3.65. The van der Waals surface area contributed by atoms with Crippen LogP contribution < -0.4 is 0 Å². The Kier molecular flexibility index (Phi) is 3.06. The van der Waals surface area contributed by atoms with Gasteiger partial charge in [-0.1, -0.05) is 25.1 Å². The second-order valence-electron chi connectivity index (χ2n) is 3.65. The zero-order valence-electron chi connectivity index (χ0n) is 9.40. The Morgan fingerprint density at radius 1 is 1.44 bits per heavy atom. The predicted octanol–water partition coefficient (Wildman–Crippen LogP) is 3.04. The standard InChI is InChI=1S/C13H14O3/c1-3-10(15-2)13(14)12-8-9-6-4-5-7-11(9)16-12/h4-8,10H,3H2,1-2H3. The van der Waals surface area contributed by atoms with Crippen molar-refractivity contribution in [3.8, 4) is 0 Å². The second kappa shape index (κ2) is 4.49. The number of furan rings is 1. The fourth-order valence-electron chi connectivity index (χ4n) is 1.72. The molecular weight excluding hydrogens is 204 g/mol. The number of carbonyl (C=O) groups excluding carboxylic acids is 1. The van der Waals surface area contributed by atoms with E-state index in [4.69, 9.17) is 9.15 Å². The first-order valence-corrected chi connectivity index (χ1v) is 5.32. The van der Waals surface area contributed by atoms with Crippen LogP contribution in [0.2, 0.25) is 0 Å². The van der Waals surface area contributed by atoms with E-state index in [2.05, 4.69) is 0 Å². The van der Waals surface area contributed by atoms with E-state index in [1.165, 1.54) is 7.11 Å². The molecule has 84 valence electrons. The van der Waals surface area contributed by atoms with Crippen molar-refractivity contribution in [2.45, 2.75) is 19.4 Å². The minimum Gasteiger partial charge on any atom is -0.453 e. The van der Waals surface area contributed by atoms with Gasteiger partial charge in [0.25, 0.3) is 0 Å². The van der Waals surface area contributed by atoms with Crippen molar-refractivity contribution in [3.63, 3.8) is 0 Å². The molecule has 0 radical (unpaired) electrons. The number of hydrogen-bond acceptors (Lipinski definition) is 3. The summed E-state index contributed by atoms with van der Waals surface area (Å²) in [7, 11) is 1.54. The molecule has 1 unspecified atom stereocenters. The molecule has 0 aliphatic heterocycles. The van der Waals surface area contributed by atoms with E-state index in [9.17, 15) is 4.79 Å². The molecule has 0 aliphatic rings. The van der Waals surface area contributed by atoms with Crippen LogP contribution in [0.4, 0.5) is 0 Å². The lowest BCUT2D eigenvalue weighted by molar-refractivity contribution is 0.0570. The third-order valence-electron chi connectivity index (χ3n) is 2.62. The fraction of sp³-hybridized carbons (Fsp3) is 0.308. The molecule has 0 saturated heterocycles. The van der Waals surface area contributed by atoms with Gasteiger partial charge in [0.2, 0.25) is 5.78 Å². The van der Waals surface area contributed by atoms with Crippen LogP contribution in [0, 0.1) is 0 Å². The first-order valence-electron chi connectivity index (χ1n) is 5.32. The van der Waals surface area contributed by atoms with Crippen molar-refractivity contribution >= 4 is 16.8 Å². The SMILES string of the molecule is CCC(OC)C(=O)c1cc2ccccc2o1. The molecule has 1 heterocycles. The summed E-state index contributed by atoms with van der Waals surface area (Å²) in [6.07, 6.45) is 0.229. The summed E-state index contributed by atoms with van der Waals surface area (Å²) >= 11 is 0. The largest absolute Gasteiger partial charge is 0.453 e. The highest BCUT2D eigenvalue weighted by atomic mass is 16.5. The number of carbonyl (C=O) groups is 1. The average Bonchev–Trinajstić information content (AvgIpc) is 2.74. The van der Waals surface area contributed by atoms with Crippen molar-refractivity contribution in [1.82, 2.24) is 0 Å². The van der Waals surface area contributed by atoms with Crippen LogP contribution in [0.15, 0.2) is 34.7 Å². The van der Waals surface area contributed by atoms with Crippen molar-refractivity contribution in [2.75, 3.05) is 7.11 Å². The van der Waals surface area contributed by atoms with Gasteiger partial charge in [0.1, 0.15) is 11.7 Å². The van der Waals surface area contributed by atoms with Gasteiger partial charge in [0.05, 0.1) is 0 Å². The molecule has 0 spiro atoms. The molecule has 0 aliphatic carbocycles. The van der Waals surface area contributed by atoms with Crippen LogP contribution in [-0.2, 0) is 4.74 Å². The highest BCUT2D eigenvalue weighted by Gasteiger charge is 2.21. The maximum absolute atomic E-state index is 12.0. The molecule has 2 rings (SSSR count). The number of ether oxygens (including phenoxy) is 1. The number of rotatable bonds is 4. The Labute approximate surface area is 94.0 Å². The minimum atomic E-state index is -0.416. The number of methoxy groups -OCH3 is 1. The van der Waals surface area contributed by atoms with Gasteiger partial charge < -0.3 is 9.15 Å². The third kappa shape index (κ3) is 1.86. The molecule has 1 atom stereocenters. The van der Waals surface area contributed by atoms with Crippen LogP contribution in [0.5, 0.6) is 0 Å². The van der Waals surface area contributed by atoms with Gasteiger partial charge in [-0.2, -0.15) is 0 Å². The maximum Gasteiger partial charge on any atom is 0.226 e. The van der Waals surface area contributed by atoms with E-state index in [1.54, 1.807) is 6.07 Å². The van der Waals surface area contributed by atoms with Gasteiger partial charge >= 0.3 is 0 Å². The topological polar surface area (TPSA) is 39.4 Å². The number of fused-ring (bicyclic) bond motifs is 1. The summed E-state index contributed by atoms with van der Waals surface area (Å²) in [6, 6.07) is 9.33. The molecule has 1 aromatic carbocycles. The Bertz CT molecular complexity index is 462. The lowest BCUT2D eigenvalue weighted by Crippen LogP contribution is -2.21. The monoisotopic (exact) mass is 218 g/mol. The molecule has 0 fully saturated rings. The van der Waals surface area contributed by atoms with E-state index in [-0.39, 0.29) is 5.78 Å². The summed E-state index contributed by atoms with van der Waals surface area (Å²) in [5.41, 5.74) is 0.733. The summed E-state index contributed by atoms with van der Waals surface area (Å²) in [5, 5.41) is 0.941. The third-order valence-corrected chi connectivity index (χ3v) is 2.62. The summed E-state index contributed by atoms with van der Waals surface area (Å²) < 4.78 is 10.6. The van der Waals surface area contributed by atoms with Crippen LogP contribution in [0.3, 0.4) is 0 Å². The lowest BCUT2D eigenvalue weighted by Gasteiger charge is -2.08. The van der Waals surface area contributed by atoms with Crippen molar-refractivity contribution < 1.29 is 13.9 Å². The molecule has 0 N–H and O–H groups in total. The van der Waals surface area contributed by atoms with Gasteiger partial charge in [0, 0.05) is 12.5 Å². The average molecular weight is 218 g/mol. The summed E-state index contributed by atoms with van der Waals surface area (Å²) in [6.45, 7) is 1.91. The van der Waals surface area contributed by atoms with E-state index >= 15 is 0 Å². The highest BCUT2D eigenvalue weighted by Crippen LogP contribution is 2.20. The van der Waals surface area contributed by atoms with E-state index in [1.807, 2.05) is 31.2 Å². The van der Waals surface area contributed by atoms with Gasteiger partial charge in [0.15, 0.2) is 5.76 Å². The highest BCUT2D eigenvalue weighted by molar-refractivity contribution is 6.00. The van der Waals surface area contributed by atoms with E-state index in [0.29, 0.717) is 12.2 Å². The van der Waals surface area contributed by atoms with Crippen LogP contribution >= 0.6 is 0 Å². The van der Waals surface area contributed by atoms with Gasteiger partial charge in [-0.3, -0.25) is 4.79 Å². The minimum absolute atomic E-state index is 0.0961. The van der Waals surface area contributed by atoms with Crippen LogP contribution in [-0.4, -0.2) is 19.0 Å². The molecule has 16 heavy (non-hydrogen) atoms. The number of ketones is 1. The van der Waals surface area contributed by atoms with Crippen molar-refractivity contribution in [1.29, 1.82) is 0 Å². The quantitative estimate of drug-likeness (QED) is 0.740. The van der Waals surface area contributed by atoms with E-state index in [0.717, 1.165) is 11.0 Å². The van der Waals surface area contributed by atoms with Crippen LogP contribution in [0.1, 0.15) is 23.9 Å². The number of hydrogen-bond donors (Lipinski definition) is 0. The smallest absolute Gasteiger partial charge is 0.226 e. The van der Waals surface area contributed by atoms with Gasteiger partial charge in [-0.05, 0) is 18.6 Å². The molecule has 0 amide bonds. The first-order chi connectivity index (χ1) is 7.76. The van der Waals surface area contributed by atoms with Gasteiger partial charge in [-0.15, -0.1) is 0 Å². The van der Waals surface area contributed by atoms with Crippen LogP contribution in [0.25, 0.3) is 11.0 Å². The zero-order valence-corrected chi connectivity index (χ0v) is 9.40. The van der Waals surface area contributed by atoms with Crippen molar-refractivity contribution in [3.05, 3.63) is 36.1 Å². The molecule has 3 heteroatoms. The fourth-order valence-corrected chi connectivity index (χ4v) is 1.72. The van der Waals surface area contributed by atoms with Gasteiger partial charge in [-0.25, -0.2) is 0 Å². The molecule has 0 saturated carbocycles. The predicted molar refractivity (Wildman–Crippen MR) is 61.6 cm³/mol. The Balaban J connectivity index is 2.36. The Morgan fingerprint density at radius 3 is 2.81 bits per heavy atom. The Morgan fingerprint density at radius 2 is 2.19 bits per heavy atom. The summed E-state index contributed by atoms with van der Waals surface area (Å²) in [4.78, 5) is 12.0. The first kappa shape index (κ1) is 10.9. The maximum atomic E-state index is 12.0. The zero-order chi connectivity index (χ0) is 11.5. The molecule has 2 aromatic rings. The molecule has 0 bridgehead atoms. The lowest BCUT2D eigenvalue weighted by atomic mass is 10.1. The molecule has 3 nitrogen and oxygen atoms in total. The number of Topliss-reactive ketones (excluding diaryl/α,β-unsaturated/α-hetero) is 1. The van der Waals surface area contributed by atoms with E-state index < -0.39 is 6.10 Å². The number of benzene rings is 1. The normalized spacial score (nSPS) is 12.9. The molecule has 1 aromatic heterocycles. The molecular formula is C13H14O3. The summed E-state index contributed by atoms with van der Waals surface area (Å²) in [5.74, 6) is 0.274. The van der Waals surface area contributed by atoms with Crippen molar-refractivity contribution in [2.24, 2.45) is 0 Å². The Hall–Kier alpha value is -1.61. The number of para-hydroxylation sites is 1.